The molecular weight excluding hydrogens is 124 g/mol. The van der Waals surface area contributed by atoms with Crippen molar-refractivity contribution in [2.24, 2.45) is 28.0 Å². The molecule has 0 amide bonds. The van der Waals surface area contributed by atoms with E-state index in [0.717, 1.165) is 11.8 Å². The van der Waals surface area contributed by atoms with Crippen LogP contribution < -0.4 is 0 Å². The van der Waals surface area contributed by atoms with E-state index in [1.165, 1.54) is 12.1 Å². The van der Waals surface area contributed by atoms with Crippen LogP contribution in [-0.4, -0.2) is 11.9 Å². The third-order valence-electron chi connectivity index (χ3n) is 2.85. The average molecular weight is 136 g/mol. The molecule has 0 saturated heterocycles. The molecule has 3 aliphatic rings. The van der Waals surface area contributed by atoms with Gasteiger partial charge in [0.15, 0.2) is 0 Å². The number of rotatable bonds is 0. The summed E-state index contributed by atoms with van der Waals surface area (Å²) in [5.74, 6) is 2.23. The van der Waals surface area contributed by atoms with Crippen LogP contribution in [0.5, 0.6) is 0 Å². The molecule has 10 heavy (non-hydrogen) atoms. The second kappa shape index (κ2) is 1.91. The fourth-order valence-corrected chi connectivity index (χ4v) is 1.86. The zero-order valence-corrected chi connectivity index (χ0v) is 6.41. The fourth-order valence-electron chi connectivity index (χ4n) is 1.86. The molecule has 0 aromatic rings. The highest BCUT2D eigenvalue weighted by atomic mass is 15.2. The van der Waals surface area contributed by atoms with Gasteiger partial charge in [-0.25, -0.2) is 0 Å². The first-order valence-electron chi connectivity index (χ1n) is 3.86. The highest BCUT2D eigenvalue weighted by Crippen LogP contribution is 2.41. The predicted octanol–water partition coefficient (Wildman–Crippen LogP) is 1.72. The molecule has 0 aromatic carbocycles. The predicted molar refractivity (Wildman–Crippen MR) is 42.4 cm³/mol. The normalized spacial score (nSPS) is 43.8. The van der Waals surface area contributed by atoms with Gasteiger partial charge < -0.3 is 0 Å². The largest absolute Gasteiger partial charge is 0.163 e. The summed E-state index contributed by atoms with van der Waals surface area (Å²) in [5, 5.41) is 8.07. The summed E-state index contributed by atoms with van der Waals surface area (Å²) >= 11 is 0. The molecule has 0 spiro atoms. The summed E-state index contributed by atoms with van der Waals surface area (Å²) in [7, 11) is 0. The van der Waals surface area contributed by atoms with Gasteiger partial charge in [-0.05, 0) is 25.2 Å². The highest BCUT2D eigenvalue weighted by Gasteiger charge is 2.39. The Kier molecular flexibility index (Phi) is 1.16. The lowest BCUT2D eigenvalue weighted by molar-refractivity contribution is 0.214. The lowest BCUT2D eigenvalue weighted by Gasteiger charge is -2.38. The summed E-state index contributed by atoms with van der Waals surface area (Å²) in [4.78, 5) is 0. The molecule has 0 aromatic heterocycles. The Morgan fingerprint density at radius 3 is 3.10 bits per heavy atom. The number of fused-ring (bicyclic) bond motifs is 1. The van der Waals surface area contributed by atoms with E-state index in [9.17, 15) is 0 Å². The van der Waals surface area contributed by atoms with Gasteiger partial charge in [0.1, 0.15) is 0 Å². The summed E-state index contributed by atoms with van der Waals surface area (Å²) in [5.41, 5.74) is 1.22. The fraction of sp³-hybridized carbons (Fsp3) is 0.750. The molecule has 2 bridgehead atoms. The van der Waals surface area contributed by atoms with Crippen molar-refractivity contribution in [1.29, 1.82) is 0 Å². The van der Waals surface area contributed by atoms with E-state index in [1.807, 2.05) is 6.21 Å². The second-order valence-electron chi connectivity index (χ2n) is 3.37. The van der Waals surface area contributed by atoms with Gasteiger partial charge in [-0.2, -0.15) is 10.2 Å². The van der Waals surface area contributed by atoms with Crippen molar-refractivity contribution in [1.82, 2.24) is 0 Å². The van der Waals surface area contributed by atoms with Crippen molar-refractivity contribution >= 4 is 11.9 Å². The maximum atomic E-state index is 4.08. The molecule has 0 radical (unpaired) electrons. The van der Waals surface area contributed by atoms with Crippen molar-refractivity contribution < 1.29 is 0 Å². The van der Waals surface area contributed by atoms with Crippen LogP contribution in [0.4, 0.5) is 0 Å². The molecule has 2 nitrogen and oxygen atoms in total. The summed E-state index contributed by atoms with van der Waals surface area (Å²) in [6.45, 7) is 4.37. The van der Waals surface area contributed by atoms with Crippen molar-refractivity contribution in [3.8, 4) is 0 Å². The van der Waals surface area contributed by atoms with Gasteiger partial charge in [0.2, 0.25) is 0 Å². The average Bonchev–Trinajstić information content (AvgIpc) is 2.16. The van der Waals surface area contributed by atoms with E-state index in [4.69, 9.17) is 0 Å². The lowest BCUT2D eigenvalue weighted by Crippen LogP contribution is -2.38. The van der Waals surface area contributed by atoms with Crippen LogP contribution in [-0.2, 0) is 0 Å². The van der Waals surface area contributed by atoms with Crippen molar-refractivity contribution in [3.05, 3.63) is 0 Å². The highest BCUT2D eigenvalue weighted by molar-refractivity contribution is 5.88. The Morgan fingerprint density at radius 2 is 2.40 bits per heavy atom. The Balaban J connectivity index is 2.27. The lowest BCUT2D eigenvalue weighted by atomic mass is 9.65. The SMILES string of the molecule is CC1=NN=CC2CC1C2C. The minimum atomic E-state index is 0.714. The van der Waals surface area contributed by atoms with E-state index in [1.54, 1.807) is 0 Å². The number of nitrogens with zero attached hydrogens (tertiary/aromatic N) is 2. The third kappa shape index (κ3) is 0.648. The maximum absolute atomic E-state index is 4.08. The topological polar surface area (TPSA) is 24.7 Å². The molecule has 3 unspecified atom stereocenters. The zero-order valence-electron chi connectivity index (χ0n) is 6.41. The third-order valence-corrected chi connectivity index (χ3v) is 2.85. The van der Waals surface area contributed by atoms with Crippen LogP contribution in [0.25, 0.3) is 0 Å². The van der Waals surface area contributed by atoms with Gasteiger partial charge in [-0.15, -0.1) is 0 Å². The van der Waals surface area contributed by atoms with E-state index >= 15 is 0 Å². The van der Waals surface area contributed by atoms with Crippen molar-refractivity contribution in [2.45, 2.75) is 20.3 Å². The van der Waals surface area contributed by atoms with Crippen molar-refractivity contribution in [2.75, 3.05) is 0 Å². The standard InChI is InChI=1S/C8H12N2/c1-5-7-3-8(5)6(2)10-9-4-7/h4-5,7-8H,3H2,1-2H3. The minimum absolute atomic E-state index is 0.714. The molecule has 54 valence electrons. The zero-order chi connectivity index (χ0) is 7.14. The molecular formula is C8H12N2. The van der Waals surface area contributed by atoms with E-state index in [0.29, 0.717) is 5.92 Å². The molecule has 0 N–H and O–H groups in total. The van der Waals surface area contributed by atoms with Gasteiger partial charge in [-0.1, -0.05) is 6.92 Å². The van der Waals surface area contributed by atoms with Gasteiger partial charge in [0.25, 0.3) is 0 Å². The first-order valence-corrected chi connectivity index (χ1v) is 3.86. The first kappa shape index (κ1) is 6.08. The van der Waals surface area contributed by atoms with Crippen LogP contribution in [0, 0.1) is 17.8 Å². The second-order valence-corrected chi connectivity index (χ2v) is 3.37. The Morgan fingerprint density at radius 1 is 1.60 bits per heavy atom. The van der Waals surface area contributed by atoms with Gasteiger partial charge >= 0.3 is 0 Å². The summed E-state index contributed by atoms with van der Waals surface area (Å²) in [6, 6.07) is 0. The van der Waals surface area contributed by atoms with Crippen LogP contribution in [0.3, 0.4) is 0 Å². The van der Waals surface area contributed by atoms with Gasteiger partial charge in [-0.3, -0.25) is 0 Å². The van der Waals surface area contributed by atoms with Crippen LogP contribution in [0.1, 0.15) is 20.3 Å². The van der Waals surface area contributed by atoms with Gasteiger partial charge in [0.05, 0.1) is 0 Å². The quantitative estimate of drug-likeness (QED) is 0.484. The molecule has 1 saturated carbocycles. The smallest absolute Gasteiger partial charge is 0.0408 e. The summed E-state index contributed by atoms with van der Waals surface area (Å²) < 4.78 is 0. The molecule has 2 heteroatoms. The maximum Gasteiger partial charge on any atom is 0.0408 e. The molecule has 3 rings (SSSR count). The van der Waals surface area contributed by atoms with Crippen LogP contribution in [0.2, 0.25) is 0 Å². The molecule has 2 heterocycles. The van der Waals surface area contributed by atoms with E-state index in [2.05, 4.69) is 24.1 Å². The Labute approximate surface area is 61.0 Å². The van der Waals surface area contributed by atoms with Crippen molar-refractivity contribution in [3.63, 3.8) is 0 Å². The minimum Gasteiger partial charge on any atom is -0.163 e. The summed E-state index contributed by atoms with van der Waals surface area (Å²) in [6.07, 6.45) is 3.28. The molecule has 1 aliphatic carbocycles. The van der Waals surface area contributed by atoms with Crippen LogP contribution in [0.15, 0.2) is 10.2 Å². The monoisotopic (exact) mass is 136 g/mol. The number of hydrogen-bond acceptors (Lipinski definition) is 2. The van der Waals surface area contributed by atoms with Gasteiger partial charge in [0, 0.05) is 17.8 Å². The number of hydrogen-bond donors (Lipinski definition) is 0. The molecule has 3 atom stereocenters. The Hall–Kier alpha value is -0.660. The van der Waals surface area contributed by atoms with E-state index < -0.39 is 0 Å². The molecule has 2 aliphatic heterocycles. The first-order chi connectivity index (χ1) is 4.79. The molecule has 1 fully saturated rings. The van der Waals surface area contributed by atoms with E-state index in [-0.39, 0.29) is 0 Å². The Bertz CT molecular complexity index is 205. The van der Waals surface area contributed by atoms with Crippen LogP contribution >= 0.6 is 0 Å².